The van der Waals surface area contributed by atoms with Crippen LogP contribution in [-0.4, -0.2) is 23.1 Å². The van der Waals surface area contributed by atoms with Gasteiger partial charge in [-0.15, -0.1) is 0 Å². The van der Waals surface area contributed by atoms with Gasteiger partial charge in [0.25, 0.3) is 0 Å². The Morgan fingerprint density at radius 3 is 0.641 bits per heavy atom. The van der Waals surface area contributed by atoms with Crippen LogP contribution >= 0.6 is 0 Å². The molecule has 0 radical (unpaired) electrons. The molecule has 64 heavy (non-hydrogen) atoms. The van der Waals surface area contributed by atoms with Crippen LogP contribution < -0.4 is 0 Å². The molecule has 4 heteroatoms. The van der Waals surface area contributed by atoms with Crippen molar-refractivity contribution in [2.24, 2.45) is 118 Å². The highest BCUT2D eigenvalue weighted by Gasteiger charge is 2.48. The largest absolute Gasteiger partial charge is 0.299 e. The Balaban J connectivity index is 0.000000161. The summed E-state index contributed by atoms with van der Waals surface area (Å²) in [6.07, 6.45) is 17.9. The summed E-state index contributed by atoms with van der Waals surface area (Å²) in [5.41, 5.74) is 5.28. The molecule has 0 unspecified atom stereocenters. The molecule has 360 valence electrons. The van der Waals surface area contributed by atoms with E-state index < -0.39 is 0 Å². The molecule has 8 aliphatic rings. The fourth-order valence-electron chi connectivity index (χ4n) is 15.4. The lowest BCUT2D eigenvalue weighted by Crippen LogP contribution is -2.22. The third-order valence-electron chi connectivity index (χ3n) is 19.7. The van der Waals surface area contributed by atoms with E-state index in [9.17, 15) is 19.2 Å². The van der Waals surface area contributed by atoms with Crippen LogP contribution in [0.3, 0.4) is 0 Å². The van der Waals surface area contributed by atoms with Crippen molar-refractivity contribution < 1.29 is 19.2 Å². The zero-order chi connectivity index (χ0) is 47.5. The van der Waals surface area contributed by atoms with E-state index in [4.69, 9.17) is 0 Å². The SMILES string of the molecule is C=C(C)[C@@H]1CC[C@H](C)[C@@H]2C(=O)C[C@H](C)[C@@H]2C1.C=C(C)[C@@H]1CC[C@H](C)[C@@H]2C(=O)C[C@H](C)[C@H]2C1.C=C(C)[C@@H]1CC[C@H](C)[C@H]2C(=O)C[C@H](C)[C@@H]2C1.C=C(C)[C@@H]1CC[C@H](C)[C@H]2C(=O)C[C@H](C)[C@H]2C1. The molecule has 0 bridgehead atoms. The Morgan fingerprint density at radius 2 is 0.484 bits per heavy atom. The Kier molecular flexibility index (Phi) is 18.6. The van der Waals surface area contributed by atoms with Crippen LogP contribution in [-0.2, 0) is 19.2 Å². The zero-order valence-electron chi connectivity index (χ0n) is 43.3. The van der Waals surface area contributed by atoms with E-state index in [1.807, 2.05) is 0 Å². The van der Waals surface area contributed by atoms with Crippen molar-refractivity contribution in [2.45, 2.75) is 186 Å². The standard InChI is InChI=1S/4C15H24O/c4*1-9(2)12-6-5-10(3)15-13(8-12)11(4)7-14(15)16/h4*10-13,15H,1,5-8H2,2-4H3/t10-,11-,12+,13+,15+;10-,11-,12+,13+,15-;10-,11-,12+,13-,15+;10-,11-,12+,13-,15-/m0000/s1. The molecule has 0 saturated heterocycles. The molecule has 8 fully saturated rings. The molecule has 0 amide bonds. The van der Waals surface area contributed by atoms with Crippen LogP contribution in [0.2, 0.25) is 0 Å². The van der Waals surface area contributed by atoms with Gasteiger partial charge in [-0.05, 0) is 199 Å². The second-order valence-electron chi connectivity index (χ2n) is 24.7. The highest BCUT2D eigenvalue weighted by Crippen LogP contribution is 2.51. The quantitative estimate of drug-likeness (QED) is 0.264. The van der Waals surface area contributed by atoms with Crippen LogP contribution in [0.4, 0.5) is 0 Å². The third-order valence-corrected chi connectivity index (χ3v) is 19.7. The molecular weight excluding hydrogens is 785 g/mol. The van der Waals surface area contributed by atoms with Gasteiger partial charge in [-0.25, -0.2) is 0 Å². The number of hydrogen-bond donors (Lipinski definition) is 0. The van der Waals surface area contributed by atoms with Crippen molar-refractivity contribution in [3.05, 3.63) is 48.6 Å². The first kappa shape index (κ1) is 52.6. The smallest absolute Gasteiger partial charge is 0.136 e. The van der Waals surface area contributed by atoms with E-state index in [1.165, 1.54) is 99.3 Å². The first-order valence-electron chi connectivity index (χ1n) is 26.7. The minimum atomic E-state index is 0.361. The Labute approximate surface area is 393 Å². The van der Waals surface area contributed by atoms with E-state index in [2.05, 4.69) is 109 Å². The second-order valence-corrected chi connectivity index (χ2v) is 24.7. The fraction of sp³-hybridized carbons (Fsp3) is 0.800. The lowest BCUT2D eigenvalue weighted by molar-refractivity contribution is -0.123. The molecule has 0 spiro atoms. The van der Waals surface area contributed by atoms with Gasteiger partial charge in [0, 0.05) is 49.4 Å². The van der Waals surface area contributed by atoms with Gasteiger partial charge in [-0.3, -0.25) is 19.2 Å². The van der Waals surface area contributed by atoms with Gasteiger partial charge in [0.1, 0.15) is 23.1 Å². The number of fused-ring (bicyclic) bond motifs is 4. The minimum Gasteiger partial charge on any atom is -0.299 e. The average Bonchev–Trinajstić information content (AvgIpc) is 3.62. The lowest BCUT2D eigenvalue weighted by Gasteiger charge is -2.24. The highest BCUT2D eigenvalue weighted by molar-refractivity contribution is 5.85. The minimum absolute atomic E-state index is 0.361. The molecule has 0 heterocycles. The Morgan fingerprint density at radius 1 is 0.312 bits per heavy atom. The molecule has 0 N–H and O–H groups in total. The molecule has 8 rings (SSSR count). The summed E-state index contributed by atoms with van der Waals surface area (Å²) in [7, 11) is 0. The highest BCUT2D eigenvalue weighted by atomic mass is 16.1. The van der Waals surface area contributed by atoms with E-state index in [-0.39, 0.29) is 0 Å². The van der Waals surface area contributed by atoms with Crippen LogP contribution in [0.5, 0.6) is 0 Å². The monoisotopic (exact) mass is 881 g/mol. The van der Waals surface area contributed by atoms with Gasteiger partial charge >= 0.3 is 0 Å². The zero-order valence-corrected chi connectivity index (χ0v) is 43.3. The molecule has 8 aliphatic carbocycles. The van der Waals surface area contributed by atoms with Crippen LogP contribution in [0.15, 0.2) is 48.6 Å². The maximum Gasteiger partial charge on any atom is 0.136 e. The summed E-state index contributed by atoms with van der Waals surface area (Å²) in [4.78, 5) is 48.1. The van der Waals surface area contributed by atoms with Gasteiger partial charge in [0.05, 0.1) is 0 Å². The van der Waals surface area contributed by atoms with Crippen molar-refractivity contribution in [3.63, 3.8) is 0 Å². The van der Waals surface area contributed by atoms with E-state index in [0.29, 0.717) is 141 Å². The Bertz CT molecular complexity index is 1470. The molecule has 0 aromatic heterocycles. The predicted octanol–water partition coefficient (Wildman–Crippen LogP) is 15.4. The summed E-state index contributed by atoms with van der Waals surface area (Å²) in [5.74, 6) is 13.5. The number of Topliss-reactive ketones (excluding diaryl/α,β-unsaturated/α-hetero) is 4. The summed E-state index contributed by atoms with van der Waals surface area (Å²) in [6.45, 7) is 43.2. The number of allylic oxidation sites excluding steroid dienone is 4. The maximum atomic E-state index is 12.0. The van der Waals surface area contributed by atoms with E-state index >= 15 is 0 Å². The van der Waals surface area contributed by atoms with E-state index in [0.717, 1.165) is 25.7 Å². The number of rotatable bonds is 4. The second kappa shape index (κ2) is 22.6. The maximum absolute atomic E-state index is 12.0. The number of hydrogen-bond acceptors (Lipinski definition) is 4. The van der Waals surface area contributed by atoms with Gasteiger partial charge in [-0.1, -0.05) is 104 Å². The molecule has 20 atom stereocenters. The number of ketones is 4. The van der Waals surface area contributed by atoms with Crippen molar-refractivity contribution >= 4 is 23.1 Å². The van der Waals surface area contributed by atoms with Crippen LogP contribution in [0, 0.1) is 118 Å². The summed E-state index contributed by atoms with van der Waals surface area (Å²) >= 11 is 0. The van der Waals surface area contributed by atoms with E-state index in [1.54, 1.807) is 0 Å². The number of carbonyl (C=O) groups excluding carboxylic acids is 4. The first-order chi connectivity index (χ1) is 30.0. The van der Waals surface area contributed by atoms with Crippen molar-refractivity contribution in [1.29, 1.82) is 0 Å². The van der Waals surface area contributed by atoms with Gasteiger partial charge in [0.15, 0.2) is 0 Å². The third kappa shape index (κ3) is 12.2. The normalized spacial score (nSPS) is 43.9. The summed E-state index contributed by atoms with van der Waals surface area (Å²) in [5, 5.41) is 0. The predicted molar refractivity (Wildman–Crippen MR) is 268 cm³/mol. The fourth-order valence-corrected chi connectivity index (χ4v) is 15.4. The van der Waals surface area contributed by atoms with Gasteiger partial charge < -0.3 is 0 Å². The number of carbonyl (C=O) groups is 4. The topological polar surface area (TPSA) is 68.3 Å². The molecule has 4 nitrogen and oxygen atoms in total. The lowest BCUT2D eigenvalue weighted by atomic mass is 9.79. The molecule has 0 aromatic carbocycles. The van der Waals surface area contributed by atoms with Gasteiger partial charge in [0.2, 0.25) is 0 Å². The van der Waals surface area contributed by atoms with Crippen LogP contribution in [0.1, 0.15) is 186 Å². The van der Waals surface area contributed by atoms with Crippen molar-refractivity contribution in [2.75, 3.05) is 0 Å². The molecule has 0 aromatic rings. The summed E-state index contributed by atoms with van der Waals surface area (Å²) < 4.78 is 0. The molecule has 8 saturated carbocycles. The first-order valence-corrected chi connectivity index (χ1v) is 26.7. The molecular formula is C60H96O4. The van der Waals surface area contributed by atoms with Crippen molar-refractivity contribution in [3.8, 4) is 0 Å². The Hall–Kier alpha value is -2.36. The average molecular weight is 881 g/mol. The van der Waals surface area contributed by atoms with Crippen LogP contribution in [0.25, 0.3) is 0 Å². The van der Waals surface area contributed by atoms with Crippen molar-refractivity contribution in [1.82, 2.24) is 0 Å². The molecule has 0 aliphatic heterocycles. The van der Waals surface area contributed by atoms with Gasteiger partial charge in [-0.2, -0.15) is 0 Å². The summed E-state index contributed by atoms with van der Waals surface area (Å²) in [6, 6.07) is 0.